The molecule has 0 aromatic heterocycles. The van der Waals surface area contributed by atoms with Gasteiger partial charge >= 0.3 is 0 Å². The van der Waals surface area contributed by atoms with E-state index in [1.807, 2.05) is 25.1 Å². The lowest BCUT2D eigenvalue weighted by molar-refractivity contribution is 0.361. The maximum absolute atomic E-state index is 6.10. The van der Waals surface area contributed by atoms with Crippen molar-refractivity contribution in [3.05, 3.63) is 41.5 Å². The van der Waals surface area contributed by atoms with Gasteiger partial charge in [0, 0.05) is 6.04 Å². The highest BCUT2D eigenvalue weighted by Gasteiger charge is 2.16. The monoisotopic (exact) mass is 217 g/mol. The predicted octanol–water partition coefficient (Wildman–Crippen LogP) is 2.98. The molecule has 0 fully saturated rings. The van der Waals surface area contributed by atoms with Crippen LogP contribution in [0.2, 0.25) is 0 Å². The fourth-order valence-corrected chi connectivity index (χ4v) is 2.14. The van der Waals surface area contributed by atoms with Crippen LogP contribution >= 0.6 is 0 Å². The fourth-order valence-electron chi connectivity index (χ4n) is 2.14. The Balaban J connectivity index is 2.14. The van der Waals surface area contributed by atoms with E-state index in [0.29, 0.717) is 6.61 Å². The van der Waals surface area contributed by atoms with Gasteiger partial charge in [-0.2, -0.15) is 0 Å². The van der Waals surface area contributed by atoms with E-state index in [2.05, 4.69) is 12.1 Å². The van der Waals surface area contributed by atoms with Crippen LogP contribution in [0, 0.1) is 0 Å². The van der Waals surface area contributed by atoms with Gasteiger partial charge in [0.05, 0.1) is 0 Å². The van der Waals surface area contributed by atoms with Crippen LogP contribution in [0.3, 0.4) is 0 Å². The number of aryl methyl sites for hydroxylation is 1. The molecule has 0 saturated carbocycles. The van der Waals surface area contributed by atoms with E-state index in [1.54, 1.807) is 0 Å². The number of nitrogens with two attached hydrogens (primary N) is 1. The molecule has 0 radical (unpaired) electrons. The van der Waals surface area contributed by atoms with E-state index >= 15 is 0 Å². The standard InChI is InChI=1S/C14H19NO/c1-2-3-9-16-12-8-7-11-5-4-6-14(15)13(11)10-12/h2-3,7-8,10,14H,4-6,9,15H2,1H3/b3-2+/t14-/m0/s1. The smallest absolute Gasteiger partial charge is 0.120 e. The molecule has 0 heterocycles. The Morgan fingerprint density at radius 1 is 1.50 bits per heavy atom. The normalized spacial score (nSPS) is 19.8. The highest BCUT2D eigenvalue weighted by Crippen LogP contribution is 2.30. The molecular weight excluding hydrogens is 198 g/mol. The molecule has 16 heavy (non-hydrogen) atoms. The second-order valence-electron chi connectivity index (χ2n) is 4.24. The van der Waals surface area contributed by atoms with Crippen LogP contribution in [-0.4, -0.2) is 6.61 Å². The molecule has 1 aliphatic rings. The van der Waals surface area contributed by atoms with Crippen molar-refractivity contribution in [2.75, 3.05) is 6.61 Å². The summed E-state index contributed by atoms with van der Waals surface area (Å²) in [5.41, 5.74) is 8.75. The van der Waals surface area contributed by atoms with Crippen molar-refractivity contribution in [2.45, 2.75) is 32.2 Å². The molecule has 1 aromatic carbocycles. The lowest BCUT2D eigenvalue weighted by Crippen LogP contribution is -2.17. The van der Waals surface area contributed by atoms with Crippen LogP contribution in [-0.2, 0) is 6.42 Å². The molecule has 0 spiro atoms. The Hall–Kier alpha value is -1.28. The molecule has 2 heteroatoms. The van der Waals surface area contributed by atoms with Gasteiger partial charge in [-0.15, -0.1) is 0 Å². The molecule has 0 unspecified atom stereocenters. The summed E-state index contributed by atoms with van der Waals surface area (Å²) in [6, 6.07) is 6.48. The first-order valence-electron chi connectivity index (χ1n) is 5.93. The minimum atomic E-state index is 0.189. The van der Waals surface area contributed by atoms with Gasteiger partial charge in [0.2, 0.25) is 0 Å². The first kappa shape index (κ1) is 11.2. The Bertz CT molecular complexity index is 384. The molecule has 0 amide bonds. The van der Waals surface area contributed by atoms with Gasteiger partial charge in [-0.25, -0.2) is 0 Å². The third-order valence-corrected chi connectivity index (χ3v) is 3.06. The van der Waals surface area contributed by atoms with Gasteiger partial charge < -0.3 is 10.5 Å². The quantitative estimate of drug-likeness (QED) is 0.790. The summed E-state index contributed by atoms with van der Waals surface area (Å²) in [4.78, 5) is 0. The molecule has 2 nitrogen and oxygen atoms in total. The van der Waals surface area contributed by atoms with E-state index in [4.69, 9.17) is 10.5 Å². The first-order chi connectivity index (χ1) is 7.81. The molecule has 1 aliphatic carbocycles. The van der Waals surface area contributed by atoms with Gasteiger partial charge in [0.15, 0.2) is 0 Å². The zero-order valence-corrected chi connectivity index (χ0v) is 9.78. The third kappa shape index (κ3) is 2.45. The van der Waals surface area contributed by atoms with E-state index < -0.39 is 0 Å². The average molecular weight is 217 g/mol. The Kier molecular flexibility index (Phi) is 3.62. The van der Waals surface area contributed by atoms with Crippen LogP contribution in [0.15, 0.2) is 30.4 Å². The number of allylic oxidation sites excluding steroid dienone is 1. The van der Waals surface area contributed by atoms with Crippen molar-refractivity contribution in [3.63, 3.8) is 0 Å². The Morgan fingerprint density at radius 3 is 3.19 bits per heavy atom. The predicted molar refractivity (Wildman–Crippen MR) is 66.6 cm³/mol. The summed E-state index contributed by atoms with van der Waals surface area (Å²) in [5.74, 6) is 0.925. The van der Waals surface area contributed by atoms with Crippen LogP contribution in [0.1, 0.15) is 36.9 Å². The Morgan fingerprint density at radius 2 is 2.38 bits per heavy atom. The van der Waals surface area contributed by atoms with E-state index in [-0.39, 0.29) is 6.04 Å². The summed E-state index contributed by atoms with van der Waals surface area (Å²) < 4.78 is 5.62. The number of fused-ring (bicyclic) bond motifs is 1. The molecular formula is C14H19NO. The minimum Gasteiger partial charge on any atom is -0.490 e. The van der Waals surface area contributed by atoms with Crippen molar-refractivity contribution >= 4 is 0 Å². The second kappa shape index (κ2) is 5.17. The lowest BCUT2D eigenvalue weighted by atomic mass is 9.88. The number of rotatable bonds is 3. The topological polar surface area (TPSA) is 35.2 Å². The summed E-state index contributed by atoms with van der Waals surface area (Å²) in [6.45, 7) is 2.62. The second-order valence-corrected chi connectivity index (χ2v) is 4.24. The average Bonchev–Trinajstić information content (AvgIpc) is 2.30. The molecule has 0 aliphatic heterocycles. The van der Waals surface area contributed by atoms with Crippen molar-refractivity contribution in [1.29, 1.82) is 0 Å². The van der Waals surface area contributed by atoms with E-state index in [1.165, 1.54) is 17.5 Å². The van der Waals surface area contributed by atoms with Gasteiger partial charge in [-0.1, -0.05) is 18.2 Å². The van der Waals surface area contributed by atoms with Crippen molar-refractivity contribution in [3.8, 4) is 5.75 Å². The zero-order chi connectivity index (χ0) is 11.4. The lowest BCUT2D eigenvalue weighted by Gasteiger charge is -2.22. The number of hydrogen-bond donors (Lipinski definition) is 1. The minimum absolute atomic E-state index is 0.189. The molecule has 0 bridgehead atoms. The van der Waals surface area contributed by atoms with Crippen LogP contribution in [0.5, 0.6) is 5.75 Å². The first-order valence-corrected chi connectivity index (χ1v) is 5.93. The van der Waals surface area contributed by atoms with Gasteiger partial charge in [0.25, 0.3) is 0 Å². The largest absolute Gasteiger partial charge is 0.490 e. The molecule has 1 aromatic rings. The SMILES string of the molecule is C/C=C/COc1ccc2c(c1)[C@@H](N)CCC2. The fraction of sp³-hybridized carbons (Fsp3) is 0.429. The number of benzene rings is 1. The summed E-state index contributed by atoms with van der Waals surface area (Å²) in [7, 11) is 0. The van der Waals surface area contributed by atoms with E-state index in [0.717, 1.165) is 18.6 Å². The van der Waals surface area contributed by atoms with Gasteiger partial charge in [0.1, 0.15) is 12.4 Å². The maximum Gasteiger partial charge on any atom is 0.120 e. The summed E-state index contributed by atoms with van der Waals surface area (Å²) in [6.07, 6.45) is 7.43. The number of ether oxygens (including phenoxy) is 1. The zero-order valence-electron chi connectivity index (χ0n) is 9.78. The van der Waals surface area contributed by atoms with Gasteiger partial charge in [-0.05, 0) is 49.4 Å². The third-order valence-electron chi connectivity index (χ3n) is 3.06. The molecule has 86 valence electrons. The Labute approximate surface area is 97.1 Å². The van der Waals surface area contributed by atoms with Crippen molar-refractivity contribution < 1.29 is 4.74 Å². The van der Waals surface area contributed by atoms with Gasteiger partial charge in [-0.3, -0.25) is 0 Å². The summed E-state index contributed by atoms with van der Waals surface area (Å²) >= 11 is 0. The van der Waals surface area contributed by atoms with Crippen LogP contribution in [0.4, 0.5) is 0 Å². The van der Waals surface area contributed by atoms with Crippen molar-refractivity contribution in [2.24, 2.45) is 5.73 Å². The molecule has 0 saturated heterocycles. The summed E-state index contributed by atoms with van der Waals surface area (Å²) in [5, 5.41) is 0. The van der Waals surface area contributed by atoms with Crippen LogP contribution < -0.4 is 10.5 Å². The molecule has 2 N–H and O–H groups in total. The van der Waals surface area contributed by atoms with E-state index in [9.17, 15) is 0 Å². The molecule has 2 rings (SSSR count). The number of hydrogen-bond acceptors (Lipinski definition) is 2. The maximum atomic E-state index is 6.10. The highest BCUT2D eigenvalue weighted by atomic mass is 16.5. The van der Waals surface area contributed by atoms with Crippen LogP contribution in [0.25, 0.3) is 0 Å². The van der Waals surface area contributed by atoms with Crippen molar-refractivity contribution in [1.82, 2.24) is 0 Å². The molecule has 1 atom stereocenters. The highest BCUT2D eigenvalue weighted by molar-refractivity contribution is 5.39.